The zero-order valence-electron chi connectivity index (χ0n) is 19.5. The molecule has 2 aromatic carbocycles. The lowest BCUT2D eigenvalue weighted by Crippen LogP contribution is -2.37. The number of carbonyl (C=O) groups is 1. The molecule has 2 amide bonds. The average Bonchev–Trinajstić information content (AvgIpc) is 2.76. The number of aryl methyl sites for hydroxylation is 2. The fourth-order valence-corrected chi connectivity index (χ4v) is 3.67. The van der Waals surface area contributed by atoms with E-state index in [1.165, 1.54) is 0 Å². The maximum Gasteiger partial charge on any atom is 0.322 e. The van der Waals surface area contributed by atoms with Crippen LogP contribution >= 0.6 is 0 Å². The van der Waals surface area contributed by atoms with Gasteiger partial charge in [0.1, 0.15) is 5.75 Å². The molecule has 7 heteroatoms. The molecule has 0 saturated carbocycles. The smallest absolute Gasteiger partial charge is 0.322 e. The minimum absolute atomic E-state index is 0.172. The second-order valence-corrected chi connectivity index (χ2v) is 8.30. The van der Waals surface area contributed by atoms with Gasteiger partial charge >= 0.3 is 6.03 Å². The van der Waals surface area contributed by atoms with Gasteiger partial charge in [0.05, 0.1) is 24.9 Å². The number of nitrogens with zero attached hydrogens (tertiary/aromatic N) is 2. The predicted octanol–water partition coefficient (Wildman–Crippen LogP) is 4.14. The molecule has 0 aliphatic rings. The Morgan fingerprint density at radius 3 is 2.56 bits per heavy atom. The van der Waals surface area contributed by atoms with E-state index in [0.717, 1.165) is 35.0 Å². The highest BCUT2D eigenvalue weighted by Gasteiger charge is 2.18. The van der Waals surface area contributed by atoms with Gasteiger partial charge in [-0.15, -0.1) is 0 Å². The molecule has 170 valence electrons. The molecule has 0 bridgehead atoms. The van der Waals surface area contributed by atoms with Gasteiger partial charge in [-0.3, -0.25) is 4.79 Å². The molecule has 0 unspecified atom stereocenters. The lowest BCUT2D eigenvalue weighted by molar-refractivity contribution is 0.205. The van der Waals surface area contributed by atoms with Gasteiger partial charge < -0.3 is 24.8 Å². The molecule has 0 atom stereocenters. The van der Waals surface area contributed by atoms with Crippen LogP contribution in [-0.4, -0.2) is 55.1 Å². The normalized spacial score (nSPS) is 11.1. The summed E-state index contributed by atoms with van der Waals surface area (Å²) >= 11 is 0. The zero-order chi connectivity index (χ0) is 23.3. The molecule has 0 aliphatic heterocycles. The first-order valence-electron chi connectivity index (χ1n) is 10.8. The molecule has 2 N–H and O–H groups in total. The fraction of sp³-hybridized carbons (Fsp3) is 0.360. The first-order valence-corrected chi connectivity index (χ1v) is 10.8. The van der Waals surface area contributed by atoms with E-state index in [-0.39, 0.29) is 18.1 Å². The van der Waals surface area contributed by atoms with Gasteiger partial charge in [-0.05, 0) is 75.6 Å². The second kappa shape index (κ2) is 10.3. The van der Waals surface area contributed by atoms with Gasteiger partial charge in [-0.25, -0.2) is 4.79 Å². The molecule has 32 heavy (non-hydrogen) atoms. The summed E-state index contributed by atoms with van der Waals surface area (Å²) in [6, 6.07) is 12.9. The van der Waals surface area contributed by atoms with Crippen LogP contribution in [-0.2, 0) is 6.54 Å². The maximum atomic E-state index is 13.2. The molecule has 3 aromatic rings. The van der Waals surface area contributed by atoms with Crippen molar-refractivity contribution in [3.8, 4) is 5.75 Å². The first-order chi connectivity index (χ1) is 15.3. The number of H-pyrrole nitrogens is 1. The minimum Gasteiger partial charge on any atom is -0.495 e. The number of benzene rings is 2. The lowest BCUT2D eigenvalue weighted by atomic mass is 10.0. The molecule has 7 nitrogen and oxygen atoms in total. The Kier molecular flexibility index (Phi) is 7.53. The average molecular weight is 437 g/mol. The van der Waals surface area contributed by atoms with Gasteiger partial charge in [0.25, 0.3) is 5.56 Å². The van der Waals surface area contributed by atoms with Crippen molar-refractivity contribution in [2.45, 2.75) is 26.8 Å². The van der Waals surface area contributed by atoms with E-state index in [2.05, 4.69) is 15.2 Å². The van der Waals surface area contributed by atoms with E-state index in [1.807, 2.05) is 58.3 Å². The van der Waals surface area contributed by atoms with Crippen molar-refractivity contribution in [1.29, 1.82) is 0 Å². The number of methoxy groups -OCH3 is 1. The summed E-state index contributed by atoms with van der Waals surface area (Å²) in [4.78, 5) is 32.8. The van der Waals surface area contributed by atoms with Crippen LogP contribution in [0.15, 0.2) is 47.3 Å². The van der Waals surface area contributed by atoms with E-state index < -0.39 is 0 Å². The Labute approximate surface area is 189 Å². The quantitative estimate of drug-likeness (QED) is 0.556. The molecule has 0 radical (unpaired) electrons. The van der Waals surface area contributed by atoms with Gasteiger partial charge in [0, 0.05) is 12.1 Å². The number of aromatic nitrogens is 1. The Morgan fingerprint density at radius 1 is 1.09 bits per heavy atom. The fourth-order valence-electron chi connectivity index (χ4n) is 3.67. The molecule has 0 fully saturated rings. The molecule has 1 aromatic heterocycles. The van der Waals surface area contributed by atoms with Crippen LogP contribution in [0.3, 0.4) is 0 Å². The highest BCUT2D eigenvalue weighted by molar-refractivity contribution is 5.91. The number of para-hydroxylation sites is 2. The van der Waals surface area contributed by atoms with Gasteiger partial charge in [-0.2, -0.15) is 0 Å². The van der Waals surface area contributed by atoms with Crippen LogP contribution in [0.25, 0.3) is 10.9 Å². The summed E-state index contributed by atoms with van der Waals surface area (Å²) in [7, 11) is 5.56. The molecule has 1 heterocycles. The van der Waals surface area contributed by atoms with Crippen molar-refractivity contribution in [2.24, 2.45) is 0 Å². The van der Waals surface area contributed by atoms with Crippen molar-refractivity contribution in [2.75, 3.05) is 39.6 Å². The lowest BCUT2D eigenvalue weighted by Gasteiger charge is -2.24. The number of nitrogens with one attached hydrogen (secondary N) is 2. The Morgan fingerprint density at radius 2 is 1.84 bits per heavy atom. The third-order valence-corrected chi connectivity index (χ3v) is 5.66. The Hall–Kier alpha value is -3.32. The Balaban J connectivity index is 1.88. The second-order valence-electron chi connectivity index (χ2n) is 8.30. The van der Waals surface area contributed by atoms with Crippen LogP contribution in [0.5, 0.6) is 5.75 Å². The number of urea groups is 1. The number of amides is 2. The van der Waals surface area contributed by atoms with Gasteiger partial charge in [-0.1, -0.05) is 24.3 Å². The first kappa shape index (κ1) is 23.3. The molecular weight excluding hydrogens is 404 g/mol. The topological polar surface area (TPSA) is 77.7 Å². The molecule has 0 spiro atoms. The van der Waals surface area contributed by atoms with Crippen LogP contribution in [0, 0.1) is 13.8 Å². The van der Waals surface area contributed by atoms with Crippen LogP contribution in [0.2, 0.25) is 0 Å². The number of anilines is 1. The number of ether oxygens (including phenoxy) is 1. The van der Waals surface area contributed by atoms with Crippen LogP contribution in [0.1, 0.15) is 23.1 Å². The van der Waals surface area contributed by atoms with Crippen molar-refractivity contribution in [1.82, 2.24) is 14.8 Å². The largest absolute Gasteiger partial charge is 0.495 e. The molecule has 3 rings (SSSR count). The minimum atomic E-state index is -0.271. The summed E-state index contributed by atoms with van der Waals surface area (Å²) in [5.74, 6) is 0.587. The van der Waals surface area contributed by atoms with Crippen LogP contribution in [0.4, 0.5) is 10.5 Å². The van der Waals surface area contributed by atoms with E-state index in [1.54, 1.807) is 24.1 Å². The number of aromatic amines is 1. The predicted molar refractivity (Wildman–Crippen MR) is 130 cm³/mol. The van der Waals surface area contributed by atoms with E-state index in [9.17, 15) is 9.59 Å². The van der Waals surface area contributed by atoms with E-state index in [4.69, 9.17) is 4.74 Å². The van der Waals surface area contributed by atoms with Crippen molar-refractivity contribution in [3.63, 3.8) is 0 Å². The van der Waals surface area contributed by atoms with Gasteiger partial charge in [0.15, 0.2) is 0 Å². The summed E-state index contributed by atoms with van der Waals surface area (Å²) < 4.78 is 5.35. The van der Waals surface area contributed by atoms with Crippen LogP contribution < -0.4 is 15.6 Å². The maximum absolute atomic E-state index is 13.2. The number of fused-ring (bicyclic) bond motifs is 1. The summed E-state index contributed by atoms with van der Waals surface area (Å²) in [5.41, 5.74) is 4.01. The molecule has 0 aliphatic carbocycles. The number of rotatable bonds is 8. The summed E-state index contributed by atoms with van der Waals surface area (Å²) in [5, 5.41) is 3.89. The zero-order valence-corrected chi connectivity index (χ0v) is 19.5. The number of pyridine rings is 1. The number of hydrogen-bond donors (Lipinski definition) is 2. The Bertz CT molecular complexity index is 1150. The number of hydrogen-bond acceptors (Lipinski definition) is 4. The summed E-state index contributed by atoms with van der Waals surface area (Å²) in [6.45, 7) is 5.60. The van der Waals surface area contributed by atoms with E-state index in [0.29, 0.717) is 23.5 Å². The van der Waals surface area contributed by atoms with Crippen molar-refractivity contribution < 1.29 is 9.53 Å². The van der Waals surface area contributed by atoms with Crippen molar-refractivity contribution >= 4 is 22.6 Å². The highest BCUT2D eigenvalue weighted by Crippen LogP contribution is 2.24. The van der Waals surface area contributed by atoms with Crippen molar-refractivity contribution in [3.05, 3.63) is 69.5 Å². The third-order valence-electron chi connectivity index (χ3n) is 5.66. The van der Waals surface area contributed by atoms with E-state index >= 15 is 0 Å². The standard InChI is InChI=1S/C25H32N4O3/c1-17-11-12-19-15-20(24(30)27-23(19)18(17)2)16-29(14-8-13-28(3)4)25(31)26-21-9-6-7-10-22(21)32-5/h6-7,9-12,15H,8,13-14,16H2,1-5H3,(H,26,31)(H,27,30). The molecule has 0 saturated heterocycles. The molecular formula is C25H32N4O3. The monoisotopic (exact) mass is 436 g/mol. The number of carbonyl (C=O) groups excluding carboxylic acids is 1. The SMILES string of the molecule is COc1ccccc1NC(=O)N(CCCN(C)C)Cc1cc2ccc(C)c(C)c2[nH]c1=O. The third kappa shape index (κ3) is 5.48. The van der Waals surface area contributed by atoms with Gasteiger partial charge in [0.2, 0.25) is 0 Å². The highest BCUT2D eigenvalue weighted by atomic mass is 16.5. The summed E-state index contributed by atoms with van der Waals surface area (Å²) in [6.07, 6.45) is 0.788.